The molecule has 0 saturated heterocycles. The standard InChI is InChI=1S/C10H17N3O4S/c1-7(2)8(6-10(14)15)12-18(16,17)9-4-5-11-13(9)3/h4-5,7-8,12H,6H2,1-3H3,(H,14,15). The third-order valence-electron chi connectivity index (χ3n) is 2.56. The Bertz CT molecular complexity index is 521. The highest BCUT2D eigenvalue weighted by molar-refractivity contribution is 7.89. The third kappa shape index (κ3) is 3.54. The van der Waals surface area contributed by atoms with E-state index in [4.69, 9.17) is 5.11 Å². The number of nitrogens with one attached hydrogen (secondary N) is 1. The van der Waals surface area contributed by atoms with Crippen molar-refractivity contribution in [3.8, 4) is 0 Å². The van der Waals surface area contributed by atoms with E-state index in [0.29, 0.717) is 0 Å². The highest BCUT2D eigenvalue weighted by Gasteiger charge is 2.26. The first-order valence-electron chi connectivity index (χ1n) is 5.46. The highest BCUT2D eigenvalue weighted by Crippen LogP contribution is 2.12. The Balaban J connectivity index is 2.93. The number of aromatic nitrogens is 2. The van der Waals surface area contributed by atoms with Crippen LogP contribution in [0.5, 0.6) is 0 Å². The number of carboxylic acid groups (broad SMARTS) is 1. The number of carbonyl (C=O) groups is 1. The molecule has 0 saturated carbocycles. The topological polar surface area (TPSA) is 101 Å². The summed E-state index contributed by atoms with van der Waals surface area (Å²) in [5, 5.41) is 12.6. The summed E-state index contributed by atoms with van der Waals surface area (Å²) in [5.41, 5.74) is 0. The van der Waals surface area contributed by atoms with Gasteiger partial charge in [0.2, 0.25) is 0 Å². The number of hydrogen-bond donors (Lipinski definition) is 2. The van der Waals surface area contributed by atoms with Crippen LogP contribution in [0.2, 0.25) is 0 Å². The van der Waals surface area contributed by atoms with Crippen LogP contribution in [-0.4, -0.2) is 35.3 Å². The number of nitrogens with zero attached hydrogens (tertiary/aromatic N) is 2. The molecule has 1 atom stereocenters. The fraction of sp³-hybridized carbons (Fsp3) is 0.600. The Morgan fingerprint density at radius 3 is 2.56 bits per heavy atom. The molecule has 0 amide bonds. The molecular formula is C10H17N3O4S. The van der Waals surface area contributed by atoms with Gasteiger partial charge in [-0.25, -0.2) is 13.1 Å². The van der Waals surface area contributed by atoms with Crippen LogP contribution in [0.1, 0.15) is 20.3 Å². The van der Waals surface area contributed by atoms with Gasteiger partial charge in [0, 0.05) is 13.1 Å². The largest absolute Gasteiger partial charge is 0.481 e. The lowest BCUT2D eigenvalue weighted by Crippen LogP contribution is -2.40. The van der Waals surface area contributed by atoms with Crippen LogP contribution in [0.25, 0.3) is 0 Å². The first-order chi connectivity index (χ1) is 8.24. The van der Waals surface area contributed by atoms with Gasteiger partial charge in [0.25, 0.3) is 10.0 Å². The van der Waals surface area contributed by atoms with Crippen LogP contribution in [0, 0.1) is 5.92 Å². The molecule has 0 aliphatic heterocycles. The maximum atomic E-state index is 12.0. The summed E-state index contributed by atoms with van der Waals surface area (Å²) >= 11 is 0. The summed E-state index contributed by atoms with van der Waals surface area (Å²) in [6.07, 6.45) is 1.12. The van der Waals surface area contributed by atoms with Crippen molar-refractivity contribution in [3.05, 3.63) is 12.3 Å². The normalized spacial score (nSPS) is 13.8. The zero-order chi connectivity index (χ0) is 13.9. The molecule has 0 aromatic carbocycles. The van der Waals surface area contributed by atoms with E-state index < -0.39 is 22.0 Å². The molecular weight excluding hydrogens is 258 g/mol. The third-order valence-corrected chi connectivity index (χ3v) is 4.12. The summed E-state index contributed by atoms with van der Waals surface area (Å²) in [7, 11) is -2.24. The molecule has 1 heterocycles. The van der Waals surface area contributed by atoms with Crippen LogP contribution in [0.3, 0.4) is 0 Å². The van der Waals surface area contributed by atoms with Crippen LogP contribution in [0.15, 0.2) is 17.3 Å². The molecule has 2 N–H and O–H groups in total. The lowest BCUT2D eigenvalue weighted by Gasteiger charge is -2.20. The molecule has 102 valence electrons. The minimum Gasteiger partial charge on any atom is -0.481 e. The summed E-state index contributed by atoms with van der Waals surface area (Å²) in [6, 6.07) is 0.711. The molecule has 7 nitrogen and oxygen atoms in total. The number of aliphatic carboxylic acids is 1. The zero-order valence-corrected chi connectivity index (χ0v) is 11.3. The maximum Gasteiger partial charge on any atom is 0.304 e. The SMILES string of the molecule is CC(C)C(CC(=O)O)NS(=O)(=O)c1ccnn1C. The van der Waals surface area contributed by atoms with Crippen molar-refractivity contribution < 1.29 is 18.3 Å². The maximum absolute atomic E-state index is 12.0. The second-order valence-electron chi connectivity index (χ2n) is 4.36. The van der Waals surface area contributed by atoms with Crippen LogP contribution >= 0.6 is 0 Å². The average molecular weight is 275 g/mol. The van der Waals surface area contributed by atoms with E-state index in [1.165, 1.54) is 24.0 Å². The van der Waals surface area contributed by atoms with E-state index in [-0.39, 0.29) is 17.4 Å². The first kappa shape index (κ1) is 14.7. The molecule has 0 bridgehead atoms. The predicted octanol–water partition coefficient (Wildman–Crippen LogP) is 0.198. The number of hydrogen-bond acceptors (Lipinski definition) is 4. The van der Waals surface area contributed by atoms with Crippen molar-refractivity contribution >= 4 is 16.0 Å². The summed E-state index contributed by atoms with van der Waals surface area (Å²) in [5.74, 6) is -1.16. The minimum absolute atomic E-state index is 0.0125. The second kappa shape index (κ2) is 5.49. The molecule has 1 aromatic rings. The first-order valence-corrected chi connectivity index (χ1v) is 6.94. The molecule has 18 heavy (non-hydrogen) atoms. The van der Waals surface area contributed by atoms with E-state index in [9.17, 15) is 13.2 Å². The predicted molar refractivity (Wildman–Crippen MR) is 64.4 cm³/mol. The van der Waals surface area contributed by atoms with Gasteiger partial charge in [-0.15, -0.1) is 0 Å². The van der Waals surface area contributed by atoms with Gasteiger partial charge < -0.3 is 5.11 Å². The molecule has 1 aromatic heterocycles. The van der Waals surface area contributed by atoms with Gasteiger partial charge in [-0.3, -0.25) is 9.48 Å². The van der Waals surface area contributed by atoms with Gasteiger partial charge in [0.05, 0.1) is 12.6 Å². The summed E-state index contributed by atoms with van der Waals surface area (Å²) in [6.45, 7) is 3.53. The van der Waals surface area contributed by atoms with Gasteiger partial charge in [-0.05, 0) is 12.0 Å². The number of sulfonamides is 1. The van der Waals surface area contributed by atoms with Crippen LogP contribution in [0.4, 0.5) is 0 Å². The van der Waals surface area contributed by atoms with Gasteiger partial charge in [0.1, 0.15) is 0 Å². The summed E-state index contributed by atoms with van der Waals surface area (Å²) < 4.78 is 27.7. The Kier molecular flexibility index (Phi) is 4.47. The smallest absolute Gasteiger partial charge is 0.304 e. The molecule has 0 fully saturated rings. The van der Waals surface area contributed by atoms with E-state index in [1.807, 2.05) is 0 Å². The fourth-order valence-electron chi connectivity index (χ4n) is 1.49. The molecule has 0 aliphatic carbocycles. The van der Waals surface area contributed by atoms with E-state index >= 15 is 0 Å². The molecule has 0 spiro atoms. The van der Waals surface area contributed by atoms with Gasteiger partial charge in [-0.2, -0.15) is 5.10 Å². The van der Waals surface area contributed by atoms with Crippen LogP contribution < -0.4 is 4.72 Å². The number of aryl methyl sites for hydroxylation is 1. The Hall–Kier alpha value is -1.41. The Morgan fingerprint density at radius 1 is 1.56 bits per heavy atom. The second-order valence-corrected chi connectivity index (χ2v) is 6.02. The van der Waals surface area contributed by atoms with Gasteiger partial charge >= 0.3 is 5.97 Å². The average Bonchev–Trinajstić information content (AvgIpc) is 2.62. The van der Waals surface area contributed by atoms with Gasteiger partial charge in [0.15, 0.2) is 5.03 Å². The van der Waals surface area contributed by atoms with Crippen molar-refractivity contribution in [3.63, 3.8) is 0 Å². The number of rotatable bonds is 6. The van der Waals surface area contributed by atoms with Crippen LogP contribution in [-0.2, 0) is 21.9 Å². The monoisotopic (exact) mass is 275 g/mol. The quantitative estimate of drug-likeness (QED) is 0.772. The highest BCUT2D eigenvalue weighted by atomic mass is 32.2. The van der Waals surface area contributed by atoms with Crippen molar-refractivity contribution in [1.29, 1.82) is 0 Å². The van der Waals surface area contributed by atoms with Crippen molar-refractivity contribution in [1.82, 2.24) is 14.5 Å². The fourth-order valence-corrected chi connectivity index (χ4v) is 3.00. The van der Waals surface area contributed by atoms with E-state index in [2.05, 4.69) is 9.82 Å². The van der Waals surface area contributed by atoms with Crippen molar-refractivity contribution in [2.45, 2.75) is 31.3 Å². The van der Waals surface area contributed by atoms with E-state index in [1.54, 1.807) is 13.8 Å². The molecule has 0 radical (unpaired) electrons. The molecule has 8 heteroatoms. The summed E-state index contributed by atoms with van der Waals surface area (Å²) in [4.78, 5) is 10.7. The molecule has 0 aliphatic rings. The van der Waals surface area contributed by atoms with Crippen molar-refractivity contribution in [2.24, 2.45) is 13.0 Å². The van der Waals surface area contributed by atoms with E-state index in [0.717, 1.165) is 0 Å². The Labute approximate surface area is 106 Å². The number of carboxylic acids is 1. The minimum atomic E-state index is -3.75. The lowest BCUT2D eigenvalue weighted by atomic mass is 10.0. The molecule has 1 unspecified atom stereocenters. The molecule has 1 rings (SSSR count). The Morgan fingerprint density at radius 2 is 2.17 bits per heavy atom. The lowest BCUT2D eigenvalue weighted by molar-refractivity contribution is -0.137. The zero-order valence-electron chi connectivity index (χ0n) is 10.5. The van der Waals surface area contributed by atoms with Crippen molar-refractivity contribution in [2.75, 3.05) is 0 Å². The van der Waals surface area contributed by atoms with Gasteiger partial charge in [-0.1, -0.05) is 13.8 Å².